The third-order valence-electron chi connectivity index (χ3n) is 3.36. The monoisotopic (exact) mass is 232 g/mol. The molecular weight excluding hydrogens is 212 g/mol. The van der Waals surface area contributed by atoms with Crippen LogP contribution in [0.3, 0.4) is 0 Å². The number of carbonyl (C=O) groups is 1. The van der Waals surface area contributed by atoms with Crippen LogP contribution in [0.4, 0.5) is 0 Å². The minimum absolute atomic E-state index is 0.0534. The van der Waals surface area contributed by atoms with Crippen LogP contribution in [0.25, 0.3) is 0 Å². The van der Waals surface area contributed by atoms with Gasteiger partial charge >= 0.3 is 0 Å². The van der Waals surface area contributed by atoms with E-state index in [9.17, 15) is 4.79 Å². The number of benzene rings is 1. The van der Waals surface area contributed by atoms with Gasteiger partial charge in [0.15, 0.2) is 0 Å². The van der Waals surface area contributed by atoms with Crippen LogP contribution in [-0.4, -0.2) is 29.6 Å². The molecule has 1 fully saturated rings. The summed E-state index contributed by atoms with van der Waals surface area (Å²) in [4.78, 5) is 14.1. The fourth-order valence-corrected chi connectivity index (χ4v) is 2.46. The quantitative estimate of drug-likeness (QED) is 0.858. The third kappa shape index (κ3) is 2.50. The Morgan fingerprint density at radius 2 is 1.94 bits per heavy atom. The summed E-state index contributed by atoms with van der Waals surface area (Å²) in [5, 5.41) is 3.42. The van der Waals surface area contributed by atoms with E-state index in [1.165, 1.54) is 5.56 Å². The summed E-state index contributed by atoms with van der Waals surface area (Å²) < 4.78 is 0. The van der Waals surface area contributed by atoms with E-state index in [0.717, 1.165) is 19.4 Å². The molecule has 17 heavy (non-hydrogen) atoms. The molecule has 2 atom stereocenters. The topological polar surface area (TPSA) is 32.3 Å². The number of amides is 1. The molecule has 1 heterocycles. The van der Waals surface area contributed by atoms with Crippen molar-refractivity contribution in [1.82, 2.24) is 10.2 Å². The second-order valence-electron chi connectivity index (χ2n) is 4.46. The van der Waals surface area contributed by atoms with Crippen LogP contribution in [-0.2, 0) is 11.2 Å². The molecule has 1 aromatic carbocycles. The molecule has 0 spiro atoms. The lowest BCUT2D eigenvalue weighted by Crippen LogP contribution is -2.36. The van der Waals surface area contributed by atoms with Gasteiger partial charge in [-0.2, -0.15) is 0 Å². The first-order chi connectivity index (χ1) is 8.26. The summed E-state index contributed by atoms with van der Waals surface area (Å²) in [6.45, 7) is 4.93. The van der Waals surface area contributed by atoms with Crippen molar-refractivity contribution in [2.24, 2.45) is 0 Å². The molecule has 3 heteroatoms. The lowest BCUT2D eigenvalue weighted by atomic mass is 10.1. The Morgan fingerprint density at radius 1 is 1.24 bits per heavy atom. The van der Waals surface area contributed by atoms with E-state index in [-0.39, 0.29) is 18.1 Å². The lowest BCUT2D eigenvalue weighted by Gasteiger charge is -2.20. The summed E-state index contributed by atoms with van der Waals surface area (Å²) in [6.07, 6.45) is 1.96. The largest absolute Gasteiger partial charge is 0.326 e. The first-order valence-electron chi connectivity index (χ1n) is 6.36. The Labute approximate surface area is 103 Å². The highest BCUT2D eigenvalue weighted by molar-refractivity contribution is 5.84. The zero-order chi connectivity index (χ0) is 12.3. The zero-order valence-electron chi connectivity index (χ0n) is 10.5. The highest BCUT2D eigenvalue weighted by Gasteiger charge is 2.36. The van der Waals surface area contributed by atoms with Crippen LogP contribution in [0.15, 0.2) is 30.3 Å². The van der Waals surface area contributed by atoms with Gasteiger partial charge in [-0.05, 0) is 25.3 Å². The first kappa shape index (κ1) is 12.1. The second kappa shape index (κ2) is 5.32. The smallest absolute Gasteiger partial charge is 0.241 e. The Balaban J connectivity index is 2.06. The van der Waals surface area contributed by atoms with Crippen molar-refractivity contribution in [3.63, 3.8) is 0 Å². The van der Waals surface area contributed by atoms with E-state index >= 15 is 0 Å². The number of hydrogen-bond donors (Lipinski definition) is 1. The molecule has 0 bridgehead atoms. The number of nitrogens with one attached hydrogen (secondary N) is 1. The maximum Gasteiger partial charge on any atom is 0.241 e. The number of hydrogen-bond acceptors (Lipinski definition) is 2. The predicted molar refractivity (Wildman–Crippen MR) is 68.5 cm³/mol. The molecule has 1 aliphatic rings. The van der Waals surface area contributed by atoms with E-state index in [0.29, 0.717) is 0 Å². The minimum atomic E-state index is -0.0534. The average Bonchev–Trinajstić information content (AvgIpc) is 2.67. The molecular formula is C14H20N2O. The van der Waals surface area contributed by atoms with Gasteiger partial charge in [-0.1, -0.05) is 37.3 Å². The lowest BCUT2D eigenvalue weighted by molar-refractivity contribution is -0.129. The van der Waals surface area contributed by atoms with Crippen molar-refractivity contribution in [1.29, 1.82) is 0 Å². The van der Waals surface area contributed by atoms with Crippen molar-refractivity contribution in [3.8, 4) is 0 Å². The molecule has 1 amide bonds. The molecule has 1 aliphatic heterocycles. The zero-order valence-corrected chi connectivity index (χ0v) is 10.5. The maximum absolute atomic E-state index is 12.2. The van der Waals surface area contributed by atoms with Crippen LogP contribution in [0.5, 0.6) is 0 Å². The Kier molecular flexibility index (Phi) is 3.79. The van der Waals surface area contributed by atoms with Crippen molar-refractivity contribution in [2.75, 3.05) is 6.54 Å². The SMILES string of the molecule is CCC1NC(Cc2ccccc2)C(=O)N1CC. The number of likely N-dealkylation sites (N-methyl/N-ethyl adjacent to an activating group) is 1. The maximum atomic E-state index is 12.2. The van der Waals surface area contributed by atoms with Crippen molar-refractivity contribution < 1.29 is 4.79 Å². The number of nitrogens with zero attached hydrogens (tertiary/aromatic N) is 1. The van der Waals surface area contributed by atoms with E-state index in [4.69, 9.17) is 0 Å². The first-order valence-corrected chi connectivity index (χ1v) is 6.36. The van der Waals surface area contributed by atoms with Crippen molar-refractivity contribution in [2.45, 2.75) is 38.9 Å². The fraction of sp³-hybridized carbons (Fsp3) is 0.500. The molecule has 0 aliphatic carbocycles. The molecule has 1 aromatic rings. The molecule has 3 nitrogen and oxygen atoms in total. The van der Waals surface area contributed by atoms with E-state index < -0.39 is 0 Å². The van der Waals surface area contributed by atoms with Crippen molar-refractivity contribution >= 4 is 5.91 Å². The summed E-state index contributed by atoms with van der Waals surface area (Å²) in [5.41, 5.74) is 1.21. The van der Waals surface area contributed by atoms with Gasteiger partial charge in [-0.3, -0.25) is 10.1 Å². The highest BCUT2D eigenvalue weighted by Crippen LogP contribution is 2.16. The Morgan fingerprint density at radius 3 is 2.47 bits per heavy atom. The van der Waals surface area contributed by atoms with Crippen LogP contribution >= 0.6 is 0 Å². The van der Waals surface area contributed by atoms with E-state index in [1.54, 1.807) is 0 Å². The van der Waals surface area contributed by atoms with Crippen LogP contribution in [0.2, 0.25) is 0 Å². The molecule has 0 saturated carbocycles. The molecule has 0 aromatic heterocycles. The summed E-state index contributed by atoms with van der Waals surface area (Å²) in [6, 6.07) is 10.1. The normalized spacial score (nSPS) is 24.4. The van der Waals surface area contributed by atoms with Gasteiger partial charge in [-0.15, -0.1) is 0 Å². The second-order valence-corrected chi connectivity index (χ2v) is 4.46. The highest BCUT2D eigenvalue weighted by atomic mass is 16.2. The predicted octanol–water partition coefficient (Wildman–Crippen LogP) is 1.79. The minimum Gasteiger partial charge on any atom is -0.326 e. The summed E-state index contributed by atoms with van der Waals surface area (Å²) >= 11 is 0. The number of carbonyl (C=O) groups excluding carboxylic acids is 1. The van der Waals surface area contributed by atoms with Gasteiger partial charge in [0.1, 0.15) is 0 Å². The van der Waals surface area contributed by atoms with Crippen LogP contribution in [0, 0.1) is 0 Å². The Bertz CT molecular complexity index is 377. The fourth-order valence-electron chi connectivity index (χ4n) is 2.46. The van der Waals surface area contributed by atoms with Gasteiger partial charge in [0.2, 0.25) is 5.91 Å². The van der Waals surface area contributed by atoms with Gasteiger partial charge in [0.25, 0.3) is 0 Å². The van der Waals surface area contributed by atoms with Gasteiger partial charge < -0.3 is 4.90 Å². The van der Waals surface area contributed by atoms with Crippen LogP contribution < -0.4 is 5.32 Å². The van der Waals surface area contributed by atoms with E-state index in [1.807, 2.05) is 30.0 Å². The van der Waals surface area contributed by atoms with Crippen LogP contribution in [0.1, 0.15) is 25.8 Å². The van der Waals surface area contributed by atoms with Gasteiger partial charge in [0.05, 0.1) is 12.2 Å². The van der Waals surface area contributed by atoms with E-state index in [2.05, 4.69) is 24.4 Å². The molecule has 1 N–H and O–H groups in total. The van der Waals surface area contributed by atoms with Crippen molar-refractivity contribution in [3.05, 3.63) is 35.9 Å². The molecule has 1 saturated heterocycles. The number of rotatable bonds is 4. The molecule has 2 unspecified atom stereocenters. The molecule has 0 radical (unpaired) electrons. The molecule has 2 rings (SSSR count). The standard InChI is InChI=1S/C14H20N2O/c1-3-13-15-12(14(17)16(13)4-2)10-11-8-6-5-7-9-11/h5-9,12-13,15H,3-4,10H2,1-2H3. The summed E-state index contributed by atoms with van der Waals surface area (Å²) in [7, 11) is 0. The Hall–Kier alpha value is -1.35. The van der Waals surface area contributed by atoms with Gasteiger partial charge in [0, 0.05) is 6.54 Å². The third-order valence-corrected chi connectivity index (χ3v) is 3.36. The molecule has 92 valence electrons. The average molecular weight is 232 g/mol. The van der Waals surface area contributed by atoms with Gasteiger partial charge in [-0.25, -0.2) is 0 Å². The summed E-state index contributed by atoms with van der Waals surface area (Å²) in [5.74, 6) is 0.239.